The third kappa shape index (κ3) is 4.00. The number of fused-ring (bicyclic) bond motifs is 1. The second-order valence-corrected chi connectivity index (χ2v) is 9.09. The molecule has 1 heterocycles. The van der Waals surface area contributed by atoms with E-state index in [1.54, 1.807) is 6.07 Å². The quantitative estimate of drug-likeness (QED) is 0.514. The molecule has 0 N–H and O–H groups in total. The topological polar surface area (TPSA) is 52.6 Å². The molecule has 0 amide bonds. The van der Waals surface area contributed by atoms with Gasteiger partial charge < -0.3 is 9.47 Å². The maximum atomic E-state index is 13.6. The number of ketones is 2. The van der Waals surface area contributed by atoms with Crippen LogP contribution < -0.4 is 9.47 Å². The predicted octanol–water partition coefficient (Wildman–Crippen LogP) is 6.35. The molecule has 170 valence electrons. The summed E-state index contributed by atoms with van der Waals surface area (Å²) in [5.41, 5.74) is -0.193. The lowest BCUT2D eigenvalue weighted by Crippen LogP contribution is -2.36. The Kier molecular flexibility index (Phi) is 5.55. The number of Topliss-reactive ketones (excluding diaryl/α,β-unsaturated/α-hetero) is 1. The largest absolute Gasteiger partial charge is 0.495 e. The minimum absolute atomic E-state index is 0.0892. The first kappa shape index (κ1) is 22.4. The number of halogens is 3. The zero-order valence-electron chi connectivity index (χ0n) is 18.3. The van der Waals surface area contributed by atoms with Crippen LogP contribution in [0.5, 0.6) is 11.5 Å². The first-order chi connectivity index (χ1) is 15.0. The van der Waals surface area contributed by atoms with Crippen molar-refractivity contribution in [3.63, 3.8) is 0 Å². The van der Waals surface area contributed by atoms with Gasteiger partial charge in [-0.05, 0) is 56.4 Å². The molecule has 0 atom stereocenters. The SMILES string of the molecule is COc1c2c(cc(C3CCCC3)c1C(=O)c1ccc(C(F)(F)F)cc1)OC(C)(C)CC2=O. The first-order valence-corrected chi connectivity index (χ1v) is 10.7. The lowest BCUT2D eigenvalue weighted by Gasteiger charge is -2.34. The number of alkyl halides is 3. The normalized spacial score (nSPS) is 18.2. The Bertz CT molecular complexity index is 1060. The Morgan fingerprint density at radius 3 is 2.31 bits per heavy atom. The van der Waals surface area contributed by atoms with Crippen LogP contribution in [0.15, 0.2) is 30.3 Å². The van der Waals surface area contributed by atoms with E-state index >= 15 is 0 Å². The molecule has 0 unspecified atom stereocenters. The van der Waals surface area contributed by atoms with Gasteiger partial charge in [-0.25, -0.2) is 0 Å². The highest BCUT2D eigenvalue weighted by molar-refractivity contribution is 6.15. The van der Waals surface area contributed by atoms with E-state index in [1.165, 1.54) is 19.2 Å². The highest BCUT2D eigenvalue weighted by Crippen LogP contribution is 2.47. The zero-order valence-corrected chi connectivity index (χ0v) is 18.3. The summed E-state index contributed by atoms with van der Waals surface area (Å²) < 4.78 is 50.6. The molecular weight excluding hydrogens is 421 g/mol. The van der Waals surface area contributed by atoms with Crippen molar-refractivity contribution >= 4 is 11.6 Å². The number of methoxy groups -OCH3 is 1. The van der Waals surface area contributed by atoms with E-state index in [0.717, 1.165) is 43.4 Å². The minimum atomic E-state index is -4.49. The number of carbonyl (C=O) groups excluding carboxylic acids is 2. The maximum Gasteiger partial charge on any atom is 0.416 e. The molecule has 2 aliphatic rings. The molecule has 1 aliphatic heterocycles. The van der Waals surface area contributed by atoms with Crippen LogP contribution >= 0.6 is 0 Å². The van der Waals surface area contributed by atoms with E-state index in [-0.39, 0.29) is 40.6 Å². The van der Waals surface area contributed by atoms with Crippen LogP contribution in [0, 0.1) is 0 Å². The molecule has 2 aromatic rings. The van der Waals surface area contributed by atoms with Crippen molar-refractivity contribution in [1.82, 2.24) is 0 Å². The van der Waals surface area contributed by atoms with Crippen molar-refractivity contribution in [1.29, 1.82) is 0 Å². The molecule has 0 bridgehead atoms. The summed E-state index contributed by atoms with van der Waals surface area (Å²) >= 11 is 0. The molecule has 1 saturated carbocycles. The Hall–Kier alpha value is -2.83. The number of hydrogen-bond acceptors (Lipinski definition) is 4. The number of hydrogen-bond donors (Lipinski definition) is 0. The Morgan fingerprint density at radius 2 is 1.75 bits per heavy atom. The molecule has 0 aromatic heterocycles. The monoisotopic (exact) mass is 446 g/mol. The fraction of sp³-hybridized carbons (Fsp3) is 0.440. The summed E-state index contributed by atoms with van der Waals surface area (Å²) in [5.74, 6) is -0.0134. The van der Waals surface area contributed by atoms with E-state index in [2.05, 4.69) is 0 Å². The molecule has 32 heavy (non-hydrogen) atoms. The highest BCUT2D eigenvalue weighted by atomic mass is 19.4. The first-order valence-electron chi connectivity index (χ1n) is 10.7. The molecule has 1 aliphatic carbocycles. The number of carbonyl (C=O) groups is 2. The van der Waals surface area contributed by atoms with Gasteiger partial charge in [-0.15, -0.1) is 0 Å². The fourth-order valence-corrected chi connectivity index (χ4v) is 4.76. The van der Waals surface area contributed by atoms with E-state index in [0.29, 0.717) is 5.75 Å². The number of benzene rings is 2. The summed E-state index contributed by atoms with van der Waals surface area (Å²) in [4.78, 5) is 26.6. The summed E-state index contributed by atoms with van der Waals surface area (Å²) in [6.07, 6.45) is -0.560. The minimum Gasteiger partial charge on any atom is -0.495 e. The van der Waals surface area contributed by atoms with E-state index < -0.39 is 23.1 Å². The Morgan fingerprint density at radius 1 is 1.12 bits per heavy atom. The summed E-state index contributed by atoms with van der Waals surface area (Å²) in [7, 11) is 1.39. The van der Waals surface area contributed by atoms with Crippen LogP contribution in [-0.4, -0.2) is 24.3 Å². The smallest absolute Gasteiger partial charge is 0.416 e. The third-order valence-corrected chi connectivity index (χ3v) is 6.23. The Balaban J connectivity index is 1.89. The van der Waals surface area contributed by atoms with Crippen molar-refractivity contribution in [2.75, 3.05) is 7.11 Å². The molecule has 0 radical (unpaired) electrons. The maximum absolute atomic E-state index is 13.6. The van der Waals surface area contributed by atoms with Crippen molar-refractivity contribution in [2.24, 2.45) is 0 Å². The fourth-order valence-electron chi connectivity index (χ4n) is 4.76. The number of ether oxygens (including phenoxy) is 2. The van der Waals surface area contributed by atoms with Crippen molar-refractivity contribution in [3.8, 4) is 11.5 Å². The molecule has 7 heteroatoms. The van der Waals surface area contributed by atoms with Gasteiger partial charge in [0.25, 0.3) is 0 Å². The van der Waals surface area contributed by atoms with Gasteiger partial charge in [-0.3, -0.25) is 9.59 Å². The van der Waals surface area contributed by atoms with Gasteiger partial charge in [0.05, 0.1) is 24.7 Å². The summed E-state index contributed by atoms with van der Waals surface area (Å²) in [6.45, 7) is 3.66. The van der Waals surface area contributed by atoms with Gasteiger partial charge in [0.15, 0.2) is 11.6 Å². The van der Waals surface area contributed by atoms with Gasteiger partial charge >= 0.3 is 6.18 Å². The molecule has 4 rings (SSSR count). The van der Waals surface area contributed by atoms with Crippen LogP contribution in [0.2, 0.25) is 0 Å². The molecule has 4 nitrogen and oxygen atoms in total. The second kappa shape index (κ2) is 7.94. The van der Waals surface area contributed by atoms with E-state index in [4.69, 9.17) is 9.47 Å². The molecule has 1 fully saturated rings. The summed E-state index contributed by atoms with van der Waals surface area (Å²) in [5, 5.41) is 0. The molecule has 2 aromatic carbocycles. The van der Waals surface area contributed by atoms with E-state index in [1.807, 2.05) is 13.8 Å². The lowest BCUT2D eigenvalue weighted by atomic mass is 9.83. The summed E-state index contributed by atoms with van der Waals surface area (Å²) in [6, 6.07) is 5.89. The van der Waals surface area contributed by atoms with Gasteiger partial charge in [0.1, 0.15) is 22.7 Å². The van der Waals surface area contributed by atoms with Crippen LogP contribution in [0.4, 0.5) is 13.2 Å². The molecular formula is C25H25F3O4. The van der Waals surface area contributed by atoms with Crippen LogP contribution in [0.25, 0.3) is 0 Å². The average Bonchev–Trinajstić information content (AvgIpc) is 3.25. The standard InChI is InChI=1S/C25H25F3O4/c1-24(2)13-18(29)21-19(32-24)12-17(14-6-4-5-7-14)20(23(21)31-3)22(30)15-8-10-16(11-9-15)25(26,27)28/h8-12,14H,4-7,13H2,1-3H3. The zero-order chi connectivity index (χ0) is 23.3. The Labute approximate surface area is 184 Å². The van der Waals surface area contributed by atoms with Crippen LogP contribution in [-0.2, 0) is 6.18 Å². The van der Waals surface area contributed by atoms with E-state index in [9.17, 15) is 22.8 Å². The van der Waals surface area contributed by atoms with Gasteiger partial charge in [0.2, 0.25) is 0 Å². The molecule has 0 saturated heterocycles. The average molecular weight is 446 g/mol. The number of rotatable bonds is 4. The van der Waals surface area contributed by atoms with Crippen molar-refractivity contribution in [3.05, 3.63) is 58.1 Å². The van der Waals surface area contributed by atoms with Crippen LogP contribution in [0.1, 0.15) is 89.3 Å². The third-order valence-electron chi connectivity index (χ3n) is 6.23. The van der Waals surface area contributed by atoms with Gasteiger partial charge in [0, 0.05) is 5.56 Å². The lowest BCUT2D eigenvalue weighted by molar-refractivity contribution is -0.137. The second-order valence-electron chi connectivity index (χ2n) is 9.09. The molecule has 0 spiro atoms. The van der Waals surface area contributed by atoms with Gasteiger partial charge in [-0.1, -0.05) is 25.0 Å². The van der Waals surface area contributed by atoms with Gasteiger partial charge in [-0.2, -0.15) is 13.2 Å². The van der Waals surface area contributed by atoms with Crippen molar-refractivity contribution < 1.29 is 32.2 Å². The van der Waals surface area contributed by atoms with Crippen LogP contribution in [0.3, 0.4) is 0 Å². The predicted molar refractivity (Wildman–Crippen MR) is 113 cm³/mol. The highest BCUT2D eigenvalue weighted by Gasteiger charge is 2.39. The van der Waals surface area contributed by atoms with Crippen molar-refractivity contribution in [2.45, 2.75) is 63.6 Å².